The van der Waals surface area contributed by atoms with Crippen molar-refractivity contribution in [3.63, 3.8) is 0 Å². The highest BCUT2D eigenvalue weighted by molar-refractivity contribution is 7.08. The number of aliphatic hydroxyl groups is 1. The second kappa shape index (κ2) is 6.23. The highest BCUT2D eigenvalue weighted by Gasteiger charge is 2.22. The lowest BCUT2D eigenvalue weighted by molar-refractivity contribution is 0.0479. The van der Waals surface area contributed by atoms with Gasteiger partial charge in [-0.25, -0.2) is 0 Å². The van der Waals surface area contributed by atoms with Crippen LogP contribution >= 0.6 is 11.3 Å². The second-order valence-electron chi connectivity index (χ2n) is 3.78. The molecule has 0 radical (unpaired) electrons. The lowest BCUT2D eigenvalue weighted by atomic mass is 9.95. The van der Waals surface area contributed by atoms with Crippen molar-refractivity contribution >= 4 is 11.3 Å². The van der Waals surface area contributed by atoms with Crippen LogP contribution in [0.5, 0.6) is 0 Å². The Morgan fingerprint density at radius 1 is 1.53 bits per heavy atom. The number of hydrogen-bond donors (Lipinski definition) is 2. The summed E-state index contributed by atoms with van der Waals surface area (Å²) in [5.74, 6) is 0. The molecule has 86 valence electrons. The van der Waals surface area contributed by atoms with E-state index in [-0.39, 0.29) is 0 Å². The van der Waals surface area contributed by atoms with Gasteiger partial charge in [0.2, 0.25) is 0 Å². The molecule has 0 aliphatic carbocycles. The summed E-state index contributed by atoms with van der Waals surface area (Å²) in [5, 5.41) is 17.4. The van der Waals surface area contributed by atoms with E-state index < -0.39 is 5.60 Å². The molecule has 0 aromatic carbocycles. The second-order valence-corrected chi connectivity index (χ2v) is 4.56. The summed E-state index contributed by atoms with van der Waals surface area (Å²) in [6, 6.07) is 1.97. The Balaban J connectivity index is 2.25. The molecule has 1 aromatic heterocycles. The first-order chi connectivity index (χ1) is 7.17. The maximum absolute atomic E-state index is 10.2. The third-order valence-electron chi connectivity index (χ3n) is 2.41. The molecule has 15 heavy (non-hydrogen) atoms. The molecule has 0 saturated heterocycles. The summed E-state index contributed by atoms with van der Waals surface area (Å²) in [7, 11) is 1.68. The first-order valence-electron chi connectivity index (χ1n) is 5.11. The zero-order valence-corrected chi connectivity index (χ0v) is 10.1. The third kappa shape index (κ3) is 4.30. The van der Waals surface area contributed by atoms with Crippen LogP contribution in [0.4, 0.5) is 0 Å². The molecule has 1 atom stereocenters. The summed E-state index contributed by atoms with van der Waals surface area (Å²) < 4.78 is 4.92. The van der Waals surface area contributed by atoms with Gasteiger partial charge in [0.05, 0.1) is 12.2 Å². The quantitative estimate of drug-likeness (QED) is 0.698. The lowest BCUT2D eigenvalue weighted by Crippen LogP contribution is -2.29. The van der Waals surface area contributed by atoms with Crippen LogP contribution in [-0.4, -0.2) is 31.9 Å². The normalized spacial score (nSPS) is 15.1. The van der Waals surface area contributed by atoms with Gasteiger partial charge in [-0.05, 0) is 42.3 Å². The number of methoxy groups -OCH3 is 1. The van der Waals surface area contributed by atoms with Crippen molar-refractivity contribution in [2.24, 2.45) is 0 Å². The fraction of sp³-hybridized carbons (Fsp3) is 0.636. The van der Waals surface area contributed by atoms with Crippen molar-refractivity contribution in [3.8, 4) is 0 Å². The average molecular weight is 229 g/mol. The van der Waals surface area contributed by atoms with Crippen LogP contribution < -0.4 is 5.32 Å². The average Bonchev–Trinajstić information content (AvgIpc) is 2.70. The SMILES string of the molecule is COCCNCCC(C)(O)c1ccsc1. The lowest BCUT2D eigenvalue weighted by Gasteiger charge is -2.22. The van der Waals surface area contributed by atoms with Gasteiger partial charge in [0.25, 0.3) is 0 Å². The molecule has 0 bridgehead atoms. The summed E-state index contributed by atoms with van der Waals surface area (Å²) in [4.78, 5) is 0. The van der Waals surface area contributed by atoms with Crippen molar-refractivity contribution in [1.29, 1.82) is 0 Å². The molecule has 4 heteroatoms. The van der Waals surface area contributed by atoms with Crippen LogP contribution in [0.15, 0.2) is 16.8 Å². The van der Waals surface area contributed by atoms with Crippen molar-refractivity contribution in [2.75, 3.05) is 26.8 Å². The zero-order chi connectivity index (χ0) is 11.1. The van der Waals surface area contributed by atoms with Crippen LogP contribution in [0.3, 0.4) is 0 Å². The molecule has 0 aliphatic rings. The highest BCUT2D eigenvalue weighted by Crippen LogP contribution is 2.25. The number of ether oxygens (including phenoxy) is 1. The highest BCUT2D eigenvalue weighted by atomic mass is 32.1. The Labute approximate surface area is 95.1 Å². The molecule has 1 heterocycles. The smallest absolute Gasteiger partial charge is 0.0888 e. The predicted molar refractivity (Wildman–Crippen MR) is 63.3 cm³/mol. The fourth-order valence-corrected chi connectivity index (χ4v) is 2.13. The van der Waals surface area contributed by atoms with E-state index in [1.807, 2.05) is 23.8 Å². The Bertz CT molecular complexity index is 260. The monoisotopic (exact) mass is 229 g/mol. The summed E-state index contributed by atoms with van der Waals surface area (Å²) in [5.41, 5.74) is 0.279. The van der Waals surface area contributed by atoms with Gasteiger partial charge in [-0.2, -0.15) is 11.3 Å². The van der Waals surface area contributed by atoms with Crippen molar-refractivity contribution in [3.05, 3.63) is 22.4 Å². The molecule has 0 amide bonds. The van der Waals surface area contributed by atoms with Crippen molar-refractivity contribution in [2.45, 2.75) is 18.9 Å². The predicted octanol–water partition coefficient (Wildman–Crippen LogP) is 1.58. The van der Waals surface area contributed by atoms with Crippen LogP contribution in [-0.2, 0) is 10.3 Å². The third-order valence-corrected chi connectivity index (χ3v) is 3.10. The molecule has 0 spiro atoms. The zero-order valence-electron chi connectivity index (χ0n) is 9.32. The van der Waals surface area contributed by atoms with Gasteiger partial charge in [-0.1, -0.05) is 0 Å². The minimum atomic E-state index is -0.722. The Morgan fingerprint density at radius 3 is 2.93 bits per heavy atom. The van der Waals surface area contributed by atoms with Gasteiger partial charge in [0, 0.05) is 13.7 Å². The number of rotatable bonds is 7. The van der Waals surface area contributed by atoms with Gasteiger partial charge in [0.1, 0.15) is 0 Å². The van der Waals surface area contributed by atoms with Crippen molar-refractivity contribution in [1.82, 2.24) is 5.32 Å². The van der Waals surface area contributed by atoms with Crippen LogP contribution in [0.1, 0.15) is 18.9 Å². The van der Waals surface area contributed by atoms with E-state index in [1.165, 1.54) is 0 Å². The Kier molecular flexibility index (Phi) is 5.25. The van der Waals surface area contributed by atoms with E-state index >= 15 is 0 Å². The fourth-order valence-electron chi connectivity index (χ4n) is 1.35. The molecule has 1 aromatic rings. The largest absolute Gasteiger partial charge is 0.385 e. The maximum Gasteiger partial charge on any atom is 0.0888 e. The minimum Gasteiger partial charge on any atom is -0.385 e. The Hall–Kier alpha value is -0.420. The van der Waals surface area contributed by atoms with Crippen LogP contribution in [0.2, 0.25) is 0 Å². The van der Waals surface area contributed by atoms with Crippen LogP contribution in [0.25, 0.3) is 0 Å². The maximum atomic E-state index is 10.2. The molecule has 1 unspecified atom stereocenters. The van der Waals surface area contributed by atoms with Crippen molar-refractivity contribution < 1.29 is 9.84 Å². The summed E-state index contributed by atoms with van der Waals surface area (Å²) in [6.07, 6.45) is 0.716. The number of thiophene rings is 1. The van der Waals surface area contributed by atoms with E-state index in [2.05, 4.69) is 5.32 Å². The molecule has 0 saturated carbocycles. The topological polar surface area (TPSA) is 41.5 Å². The standard InChI is InChI=1S/C11H19NO2S/c1-11(13,10-3-8-15-9-10)4-5-12-6-7-14-2/h3,8-9,12-13H,4-7H2,1-2H3. The van der Waals surface area contributed by atoms with Gasteiger partial charge in [-0.15, -0.1) is 0 Å². The van der Waals surface area contributed by atoms with Gasteiger partial charge in [0.15, 0.2) is 0 Å². The first kappa shape index (κ1) is 12.6. The number of hydrogen-bond acceptors (Lipinski definition) is 4. The van der Waals surface area contributed by atoms with Gasteiger partial charge >= 0.3 is 0 Å². The van der Waals surface area contributed by atoms with Crippen LogP contribution in [0, 0.1) is 0 Å². The molecular formula is C11H19NO2S. The van der Waals surface area contributed by atoms with E-state index in [0.717, 1.165) is 18.7 Å². The molecule has 1 rings (SSSR count). The van der Waals surface area contributed by atoms with E-state index in [0.29, 0.717) is 13.0 Å². The Morgan fingerprint density at radius 2 is 2.33 bits per heavy atom. The van der Waals surface area contributed by atoms with E-state index in [4.69, 9.17) is 4.74 Å². The van der Waals surface area contributed by atoms with E-state index in [1.54, 1.807) is 18.4 Å². The molecule has 0 aliphatic heterocycles. The summed E-state index contributed by atoms with van der Waals surface area (Å²) in [6.45, 7) is 4.19. The summed E-state index contributed by atoms with van der Waals surface area (Å²) >= 11 is 1.61. The minimum absolute atomic E-state index is 0.709. The number of nitrogens with one attached hydrogen (secondary N) is 1. The molecule has 0 fully saturated rings. The molecule has 2 N–H and O–H groups in total. The molecular weight excluding hydrogens is 210 g/mol. The van der Waals surface area contributed by atoms with E-state index in [9.17, 15) is 5.11 Å². The van der Waals surface area contributed by atoms with Gasteiger partial charge in [-0.3, -0.25) is 0 Å². The van der Waals surface area contributed by atoms with Gasteiger partial charge < -0.3 is 15.2 Å². The molecule has 3 nitrogen and oxygen atoms in total. The first-order valence-corrected chi connectivity index (χ1v) is 6.06.